The van der Waals surface area contributed by atoms with Gasteiger partial charge in [0, 0.05) is 5.56 Å². The van der Waals surface area contributed by atoms with Crippen LogP contribution in [0, 0.1) is 6.92 Å². The number of hydrogen-bond acceptors (Lipinski definition) is 4. The number of benzene rings is 3. The van der Waals surface area contributed by atoms with Crippen LogP contribution in [0.1, 0.15) is 37.5 Å². The van der Waals surface area contributed by atoms with Crippen molar-refractivity contribution in [3.05, 3.63) is 71.3 Å². The molecular formula is C23H26N2O3S. The van der Waals surface area contributed by atoms with E-state index in [1.165, 1.54) is 6.21 Å². The lowest BCUT2D eigenvalue weighted by molar-refractivity contribution is 0.415. The molecular weight excluding hydrogens is 384 g/mol. The Morgan fingerprint density at radius 1 is 1.03 bits per heavy atom. The van der Waals surface area contributed by atoms with Crippen molar-refractivity contribution >= 4 is 27.0 Å². The second-order valence-electron chi connectivity index (χ2n) is 7.99. The summed E-state index contributed by atoms with van der Waals surface area (Å²) in [4.78, 5) is 2.57. The number of nitrogens with zero attached hydrogens (tertiary/aromatic N) is 1. The fourth-order valence-electron chi connectivity index (χ4n) is 3.15. The first kappa shape index (κ1) is 20.9. The average molecular weight is 411 g/mol. The Hall–Kier alpha value is -2.86. The molecule has 3 aromatic carbocycles. The molecule has 0 fully saturated rings. The van der Waals surface area contributed by atoms with E-state index in [2.05, 4.69) is 9.93 Å². The number of rotatable bonds is 5. The summed E-state index contributed by atoms with van der Waals surface area (Å²) in [6.45, 7) is 7.92. The zero-order valence-corrected chi connectivity index (χ0v) is 18.2. The van der Waals surface area contributed by atoms with Crippen LogP contribution in [0.25, 0.3) is 10.8 Å². The Labute approximate surface area is 172 Å². The molecule has 0 aliphatic rings. The predicted molar refractivity (Wildman–Crippen MR) is 118 cm³/mol. The standard InChI is InChI=1S/C23H26N2O3S/c1-16-10-12-18(23(2,3)4)14-22(16)29(26,27)25-24-15-20-19-9-7-6-8-17(19)11-13-21(20)28-5/h6-15,25H,1-5H3/b24-15+. The molecule has 0 saturated heterocycles. The fraction of sp³-hybridized carbons (Fsp3) is 0.261. The molecule has 152 valence electrons. The average Bonchev–Trinajstić information content (AvgIpc) is 2.67. The van der Waals surface area contributed by atoms with Crippen molar-refractivity contribution in [1.82, 2.24) is 4.83 Å². The minimum absolute atomic E-state index is 0.155. The number of fused-ring (bicyclic) bond motifs is 1. The first-order valence-electron chi connectivity index (χ1n) is 9.35. The highest BCUT2D eigenvalue weighted by Gasteiger charge is 2.21. The third kappa shape index (κ3) is 4.43. The number of hydrazone groups is 1. The van der Waals surface area contributed by atoms with Gasteiger partial charge in [-0.3, -0.25) is 0 Å². The summed E-state index contributed by atoms with van der Waals surface area (Å²) in [5, 5.41) is 5.99. The molecule has 0 amide bonds. The van der Waals surface area contributed by atoms with Crippen LogP contribution in [-0.2, 0) is 15.4 Å². The highest BCUT2D eigenvalue weighted by molar-refractivity contribution is 7.89. The summed E-state index contributed by atoms with van der Waals surface area (Å²) in [6.07, 6.45) is 1.49. The molecule has 0 saturated carbocycles. The number of methoxy groups -OCH3 is 1. The van der Waals surface area contributed by atoms with Crippen molar-refractivity contribution in [1.29, 1.82) is 0 Å². The molecule has 0 unspecified atom stereocenters. The Morgan fingerprint density at radius 2 is 1.76 bits per heavy atom. The first-order chi connectivity index (χ1) is 13.6. The summed E-state index contributed by atoms with van der Waals surface area (Å²) >= 11 is 0. The van der Waals surface area contributed by atoms with E-state index < -0.39 is 10.0 Å². The maximum atomic E-state index is 12.9. The first-order valence-corrected chi connectivity index (χ1v) is 10.8. The van der Waals surface area contributed by atoms with E-state index in [4.69, 9.17) is 4.74 Å². The van der Waals surface area contributed by atoms with Gasteiger partial charge >= 0.3 is 0 Å². The summed E-state index contributed by atoms with van der Waals surface area (Å²) in [5.74, 6) is 0.623. The highest BCUT2D eigenvalue weighted by Crippen LogP contribution is 2.28. The normalized spacial score (nSPS) is 12.4. The van der Waals surface area contributed by atoms with Crippen LogP contribution in [0.2, 0.25) is 0 Å². The largest absolute Gasteiger partial charge is 0.496 e. The molecule has 29 heavy (non-hydrogen) atoms. The minimum atomic E-state index is -3.81. The van der Waals surface area contributed by atoms with Crippen molar-refractivity contribution in [2.45, 2.75) is 38.0 Å². The fourth-order valence-corrected chi connectivity index (χ4v) is 4.22. The third-order valence-electron chi connectivity index (χ3n) is 4.86. The van der Waals surface area contributed by atoms with E-state index >= 15 is 0 Å². The summed E-state index contributed by atoms with van der Waals surface area (Å²) in [6, 6.07) is 17.1. The van der Waals surface area contributed by atoms with Crippen molar-refractivity contribution in [2.24, 2.45) is 5.10 Å². The highest BCUT2D eigenvalue weighted by atomic mass is 32.2. The van der Waals surface area contributed by atoms with Gasteiger partial charge in [0.2, 0.25) is 0 Å². The summed E-state index contributed by atoms with van der Waals surface area (Å²) < 4.78 is 31.2. The SMILES string of the molecule is COc1ccc2ccccc2c1/C=N/NS(=O)(=O)c1cc(C(C)(C)C)ccc1C. The Bertz CT molecular complexity index is 1180. The van der Waals surface area contributed by atoms with Crippen molar-refractivity contribution in [3.8, 4) is 5.75 Å². The van der Waals surface area contributed by atoms with Gasteiger partial charge in [-0.2, -0.15) is 13.5 Å². The predicted octanol–water partition coefficient (Wildman–Crippen LogP) is 4.77. The molecule has 0 atom stereocenters. The van der Waals surface area contributed by atoms with Crippen LogP contribution in [0.15, 0.2) is 64.6 Å². The van der Waals surface area contributed by atoms with Gasteiger partial charge in [-0.05, 0) is 46.4 Å². The van der Waals surface area contributed by atoms with E-state index in [0.717, 1.165) is 16.3 Å². The smallest absolute Gasteiger partial charge is 0.276 e. The van der Waals surface area contributed by atoms with Gasteiger partial charge in [0.25, 0.3) is 10.0 Å². The Kier molecular flexibility index (Phi) is 5.66. The lowest BCUT2D eigenvalue weighted by Crippen LogP contribution is -2.21. The van der Waals surface area contributed by atoms with Crippen LogP contribution in [-0.4, -0.2) is 21.7 Å². The van der Waals surface area contributed by atoms with Crippen LogP contribution in [0.4, 0.5) is 0 Å². The molecule has 3 rings (SSSR count). The second kappa shape index (κ2) is 7.87. The molecule has 0 aliphatic carbocycles. The van der Waals surface area contributed by atoms with E-state index in [9.17, 15) is 8.42 Å². The molecule has 5 nitrogen and oxygen atoms in total. The lowest BCUT2D eigenvalue weighted by atomic mass is 9.87. The van der Waals surface area contributed by atoms with Crippen LogP contribution in [0.3, 0.4) is 0 Å². The van der Waals surface area contributed by atoms with Crippen molar-refractivity contribution in [2.75, 3.05) is 7.11 Å². The molecule has 6 heteroatoms. The topological polar surface area (TPSA) is 67.8 Å². The van der Waals surface area contributed by atoms with Gasteiger partial charge in [-0.25, -0.2) is 4.83 Å². The number of nitrogens with one attached hydrogen (secondary N) is 1. The quantitative estimate of drug-likeness (QED) is 0.487. The minimum Gasteiger partial charge on any atom is -0.496 e. The maximum absolute atomic E-state index is 12.9. The molecule has 3 aromatic rings. The van der Waals surface area contributed by atoms with Crippen molar-refractivity contribution < 1.29 is 13.2 Å². The van der Waals surface area contributed by atoms with Gasteiger partial charge in [-0.15, -0.1) is 0 Å². The molecule has 0 aromatic heterocycles. The number of hydrogen-bond donors (Lipinski definition) is 1. The number of aryl methyl sites for hydroxylation is 1. The van der Waals surface area contributed by atoms with Crippen LogP contribution in [0.5, 0.6) is 5.75 Å². The maximum Gasteiger partial charge on any atom is 0.276 e. The van der Waals surface area contributed by atoms with Gasteiger partial charge in [0.1, 0.15) is 5.75 Å². The molecule has 1 N–H and O–H groups in total. The monoisotopic (exact) mass is 410 g/mol. The van der Waals surface area contributed by atoms with E-state index in [1.54, 1.807) is 20.1 Å². The Morgan fingerprint density at radius 3 is 2.45 bits per heavy atom. The molecule has 0 heterocycles. The third-order valence-corrected chi connectivity index (χ3v) is 6.23. The van der Waals surface area contributed by atoms with E-state index in [0.29, 0.717) is 16.9 Å². The molecule has 0 spiro atoms. The van der Waals surface area contributed by atoms with Gasteiger partial charge in [0.05, 0.1) is 18.2 Å². The number of ether oxygens (including phenoxy) is 1. The molecule has 0 radical (unpaired) electrons. The molecule has 0 bridgehead atoms. The van der Waals surface area contributed by atoms with Gasteiger partial charge in [-0.1, -0.05) is 63.2 Å². The summed E-state index contributed by atoms with van der Waals surface area (Å²) in [7, 11) is -2.23. The zero-order valence-electron chi connectivity index (χ0n) is 17.4. The van der Waals surface area contributed by atoms with Crippen LogP contribution < -0.4 is 9.57 Å². The van der Waals surface area contributed by atoms with Crippen molar-refractivity contribution in [3.63, 3.8) is 0 Å². The zero-order chi connectivity index (χ0) is 21.2. The van der Waals surface area contributed by atoms with E-state index in [1.807, 2.05) is 69.3 Å². The molecule has 0 aliphatic heterocycles. The Balaban J connectivity index is 1.96. The van der Waals surface area contributed by atoms with Gasteiger partial charge in [0.15, 0.2) is 0 Å². The summed E-state index contributed by atoms with van der Waals surface area (Å²) in [5.41, 5.74) is 2.18. The lowest BCUT2D eigenvalue weighted by Gasteiger charge is -2.20. The van der Waals surface area contributed by atoms with Crippen LogP contribution >= 0.6 is 0 Å². The second-order valence-corrected chi connectivity index (χ2v) is 9.62. The van der Waals surface area contributed by atoms with E-state index in [-0.39, 0.29) is 10.3 Å². The number of sulfonamides is 1. The van der Waals surface area contributed by atoms with Gasteiger partial charge < -0.3 is 4.74 Å².